The maximum atomic E-state index is 12.2. The lowest BCUT2D eigenvalue weighted by molar-refractivity contribution is -0.117. The van der Waals surface area contributed by atoms with Gasteiger partial charge in [0.1, 0.15) is 12.4 Å². The molecule has 0 atom stereocenters. The van der Waals surface area contributed by atoms with E-state index < -0.39 is 0 Å². The number of amides is 1. The monoisotopic (exact) mass is 332 g/mol. The summed E-state index contributed by atoms with van der Waals surface area (Å²) < 4.78 is 3.25. The minimum Gasteiger partial charge on any atom is -0.309 e. The predicted molar refractivity (Wildman–Crippen MR) is 93.9 cm³/mol. The van der Waals surface area contributed by atoms with Crippen LogP contribution < -0.4 is 5.32 Å². The lowest BCUT2D eigenvalue weighted by Gasteiger charge is -2.11. The molecule has 1 N–H and O–H groups in total. The summed E-state index contributed by atoms with van der Waals surface area (Å²) in [6.07, 6.45) is 4.86. The van der Waals surface area contributed by atoms with Gasteiger partial charge in [0.2, 0.25) is 5.91 Å². The zero-order valence-electron chi connectivity index (χ0n) is 13.4. The molecule has 0 saturated carbocycles. The van der Waals surface area contributed by atoms with Gasteiger partial charge >= 0.3 is 0 Å². The first kappa shape index (κ1) is 15.1. The van der Waals surface area contributed by atoms with Crippen molar-refractivity contribution < 1.29 is 4.79 Å². The normalized spacial score (nSPS) is 10.9. The van der Waals surface area contributed by atoms with Gasteiger partial charge in [-0.2, -0.15) is 5.10 Å². The quantitative estimate of drug-likeness (QED) is 0.608. The van der Waals surface area contributed by atoms with Crippen LogP contribution in [0.4, 0.5) is 5.82 Å². The molecule has 7 heteroatoms. The smallest absolute Gasteiger partial charge is 0.247 e. The van der Waals surface area contributed by atoms with E-state index in [1.54, 1.807) is 23.1 Å². The molecule has 4 rings (SSSR count). The second-order valence-corrected chi connectivity index (χ2v) is 5.66. The summed E-state index contributed by atoms with van der Waals surface area (Å²) in [5.74, 6) is 0.475. The summed E-state index contributed by atoms with van der Waals surface area (Å²) in [4.78, 5) is 12.2. The zero-order valence-corrected chi connectivity index (χ0v) is 13.4. The number of hydrogen-bond acceptors (Lipinski definition) is 4. The molecular weight excluding hydrogens is 316 g/mol. The topological polar surface area (TPSA) is 77.6 Å². The van der Waals surface area contributed by atoms with Gasteiger partial charge in [-0.1, -0.05) is 47.7 Å². The van der Waals surface area contributed by atoms with Crippen LogP contribution >= 0.6 is 0 Å². The van der Waals surface area contributed by atoms with E-state index in [2.05, 4.69) is 45.0 Å². The molecule has 2 heterocycles. The number of nitrogens with one attached hydrogen (secondary N) is 1. The molecule has 0 aliphatic rings. The van der Waals surface area contributed by atoms with E-state index in [1.807, 2.05) is 18.2 Å². The highest BCUT2D eigenvalue weighted by atomic mass is 16.2. The van der Waals surface area contributed by atoms with Gasteiger partial charge in [0.05, 0.1) is 18.9 Å². The third-order valence-corrected chi connectivity index (χ3v) is 3.96. The number of aromatic nitrogens is 5. The van der Waals surface area contributed by atoms with E-state index in [1.165, 1.54) is 21.7 Å². The van der Waals surface area contributed by atoms with E-state index in [4.69, 9.17) is 0 Å². The van der Waals surface area contributed by atoms with Gasteiger partial charge in [0.25, 0.3) is 0 Å². The summed E-state index contributed by atoms with van der Waals surface area (Å²) in [6, 6.07) is 16.2. The maximum absolute atomic E-state index is 12.2. The van der Waals surface area contributed by atoms with Crippen molar-refractivity contribution in [3.05, 3.63) is 72.7 Å². The van der Waals surface area contributed by atoms with Crippen LogP contribution in [-0.4, -0.2) is 30.7 Å². The number of carbonyl (C=O) groups excluding carboxylic acids is 1. The van der Waals surface area contributed by atoms with Gasteiger partial charge in [0, 0.05) is 12.3 Å². The molecular formula is C18H16N6O. The fourth-order valence-electron chi connectivity index (χ4n) is 2.80. The lowest BCUT2D eigenvalue weighted by Crippen LogP contribution is -2.21. The Morgan fingerprint density at radius 1 is 1.04 bits per heavy atom. The molecule has 4 aromatic rings. The highest BCUT2D eigenvalue weighted by Crippen LogP contribution is 2.20. The molecule has 1 amide bonds. The first-order chi connectivity index (χ1) is 12.3. The van der Waals surface area contributed by atoms with Crippen LogP contribution in [-0.2, 0) is 17.9 Å². The molecule has 0 radical (unpaired) electrons. The number of rotatable bonds is 5. The summed E-state index contributed by atoms with van der Waals surface area (Å²) in [5.41, 5.74) is 1.15. The van der Waals surface area contributed by atoms with Crippen LogP contribution in [0, 0.1) is 0 Å². The Labute approximate surface area is 143 Å². The lowest BCUT2D eigenvalue weighted by atomic mass is 10.0. The van der Waals surface area contributed by atoms with E-state index in [0.717, 1.165) is 5.56 Å². The summed E-state index contributed by atoms with van der Waals surface area (Å²) >= 11 is 0. The number of hydrogen-bond donors (Lipinski definition) is 1. The van der Waals surface area contributed by atoms with Crippen LogP contribution in [0.25, 0.3) is 10.8 Å². The Morgan fingerprint density at radius 3 is 2.80 bits per heavy atom. The van der Waals surface area contributed by atoms with E-state index in [0.29, 0.717) is 12.4 Å². The van der Waals surface area contributed by atoms with Gasteiger partial charge in [-0.05, 0) is 16.3 Å². The van der Waals surface area contributed by atoms with Crippen molar-refractivity contribution in [2.45, 2.75) is 13.1 Å². The van der Waals surface area contributed by atoms with Crippen molar-refractivity contribution in [2.24, 2.45) is 0 Å². The molecule has 0 aliphatic carbocycles. The van der Waals surface area contributed by atoms with Gasteiger partial charge < -0.3 is 5.32 Å². The zero-order chi connectivity index (χ0) is 17.1. The van der Waals surface area contributed by atoms with Crippen LogP contribution in [0.5, 0.6) is 0 Å². The molecule has 7 nitrogen and oxygen atoms in total. The van der Waals surface area contributed by atoms with E-state index in [9.17, 15) is 4.79 Å². The first-order valence-electron chi connectivity index (χ1n) is 7.92. The second-order valence-electron chi connectivity index (χ2n) is 5.66. The average molecular weight is 332 g/mol. The third kappa shape index (κ3) is 3.25. The Bertz CT molecular complexity index is 1000. The van der Waals surface area contributed by atoms with Crippen LogP contribution in [0.15, 0.2) is 67.1 Å². The Morgan fingerprint density at radius 2 is 1.92 bits per heavy atom. The highest BCUT2D eigenvalue weighted by molar-refractivity contribution is 5.89. The number of carbonyl (C=O) groups is 1. The first-order valence-corrected chi connectivity index (χ1v) is 7.92. The standard InChI is InChI=1S/C18H16N6O/c25-18(13-23-11-10-19-22-23)21-17-8-9-20-24(17)12-15-6-3-5-14-4-1-2-7-16(14)15/h1-11H,12-13H2,(H,21,25). The van der Waals surface area contributed by atoms with Crippen LogP contribution in [0.3, 0.4) is 0 Å². The Hall–Kier alpha value is -3.48. The van der Waals surface area contributed by atoms with Gasteiger partial charge in [0.15, 0.2) is 0 Å². The third-order valence-electron chi connectivity index (χ3n) is 3.96. The Kier molecular flexibility index (Phi) is 3.96. The molecule has 2 aromatic heterocycles. The van der Waals surface area contributed by atoms with Crippen molar-refractivity contribution in [3.8, 4) is 0 Å². The maximum Gasteiger partial charge on any atom is 0.247 e. The minimum atomic E-state index is -0.176. The second kappa shape index (κ2) is 6.56. The molecule has 0 spiro atoms. The number of anilines is 1. The average Bonchev–Trinajstić information content (AvgIpc) is 3.28. The Balaban J connectivity index is 1.54. The number of fused-ring (bicyclic) bond motifs is 1. The van der Waals surface area contributed by atoms with Crippen molar-refractivity contribution in [2.75, 3.05) is 5.32 Å². The molecule has 0 saturated heterocycles. The summed E-state index contributed by atoms with van der Waals surface area (Å²) in [5, 5.41) is 17.1. The fourth-order valence-corrected chi connectivity index (χ4v) is 2.80. The SMILES string of the molecule is O=C(Cn1ccnn1)Nc1ccnn1Cc1cccc2ccccc12. The van der Waals surface area contributed by atoms with Crippen LogP contribution in [0.1, 0.15) is 5.56 Å². The molecule has 2 aromatic carbocycles. The van der Waals surface area contributed by atoms with Crippen molar-refractivity contribution in [1.82, 2.24) is 24.8 Å². The minimum absolute atomic E-state index is 0.111. The predicted octanol–water partition coefficient (Wildman–Crippen LogP) is 2.31. The molecule has 0 aliphatic heterocycles. The van der Waals surface area contributed by atoms with E-state index >= 15 is 0 Å². The van der Waals surface area contributed by atoms with Crippen molar-refractivity contribution in [3.63, 3.8) is 0 Å². The molecule has 0 fully saturated rings. The molecule has 0 bridgehead atoms. The van der Waals surface area contributed by atoms with Crippen molar-refractivity contribution >= 4 is 22.5 Å². The van der Waals surface area contributed by atoms with E-state index in [-0.39, 0.29) is 12.5 Å². The van der Waals surface area contributed by atoms with Crippen LogP contribution in [0.2, 0.25) is 0 Å². The number of benzene rings is 2. The summed E-state index contributed by atoms with van der Waals surface area (Å²) in [7, 11) is 0. The molecule has 0 unspecified atom stereocenters. The fraction of sp³-hybridized carbons (Fsp3) is 0.111. The highest BCUT2D eigenvalue weighted by Gasteiger charge is 2.10. The largest absolute Gasteiger partial charge is 0.309 e. The number of nitrogens with zero attached hydrogens (tertiary/aromatic N) is 5. The van der Waals surface area contributed by atoms with Gasteiger partial charge in [-0.15, -0.1) is 5.10 Å². The summed E-state index contributed by atoms with van der Waals surface area (Å²) in [6.45, 7) is 0.687. The molecule has 25 heavy (non-hydrogen) atoms. The van der Waals surface area contributed by atoms with Gasteiger partial charge in [-0.3, -0.25) is 4.79 Å². The van der Waals surface area contributed by atoms with Gasteiger partial charge in [-0.25, -0.2) is 9.36 Å². The van der Waals surface area contributed by atoms with Crippen molar-refractivity contribution in [1.29, 1.82) is 0 Å². The molecule has 124 valence electrons.